The first kappa shape index (κ1) is 10.3. The highest BCUT2D eigenvalue weighted by Crippen LogP contribution is 2.19. The molecule has 1 rings (SSSR count). The lowest BCUT2D eigenvalue weighted by Gasteiger charge is -2.07. The van der Waals surface area contributed by atoms with Crippen molar-refractivity contribution in [2.24, 2.45) is 5.73 Å². The number of aryl methyl sites for hydroxylation is 1. The zero-order chi connectivity index (χ0) is 9.68. The van der Waals surface area contributed by atoms with Crippen LogP contribution >= 0.6 is 11.6 Å². The Morgan fingerprint density at radius 3 is 3.08 bits per heavy atom. The van der Waals surface area contributed by atoms with E-state index in [1.54, 1.807) is 6.20 Å². The topological polar surface area (TPSA) is 50.9 Å². The number of aromatic nitrogens is 1. The Hall–Kier alpha value is -0.800. The summed E-state index contributed by atoms with van der Waals surface area (Å²) in [5.74, 6) is 0. The fraction of sp³-hybridized carbons (Fsp3) is 0.444. The van der Waals surface area contributed by atoms with Gasteiger partial charge in [0, 0.05) is 12.7 Å². The Balaban J connectivity index is 2.59. The third-order valence-electron chi connectivity index (χ3n) is 1.67. The number of pyridine rings is 1. The van der Waals surface area contributed by atoms with Gasteiger partial charge in [0.2, 0.25) is 0 Å². The molecule has 4 heteroatoms. The highest BCUT2D eigenvalue weighted by molar-refractivity contribution is 6.31. The highest BCUT2D eigenvalue weighted by Gasteiger charge is 1.99. The summed E-state index contributed by atoms with van der Waals surface area (Å²) in [6.07, 6.45) is 2.68. The van der Waals surface area contributed by atoms with Crippen LogP contribution in [0.3, 0.4) is 0 Å². The molecule has 0 saturated heterocycles. The second-order valence-corrected chi connectivity index (χ2v) is 3.28. The molecule has 0 fully saturated rings. The van der Waals surface area contributed by atoms with Crippen molar-refractivity contribution >= 4 is 17.3 Å². The van der Waals surface area contributed by atoms with E-state index in [9.17, 15) is 0 Å². The van der Waals surface area contributed by atoms with E-state index in [1.807, 2.05) is 13.0 Å². The van der Waals surface area contributed by atoms with Gasteiger partial charge in [0.05, 0.1) is 5.69 Å². The molecular formula is C9H14ClN3. The maximum atomic E-state index is 5.87. The van der Waals surface area contributed by atoms with Crippen molar-refractivity contribution < 1.29 is 0 Å². The van der Waals surface area contributed by atoms with Gasteiger partial charge in [-0.25, -0.2) is 4.98 Å². The van der Waals surface area contributed by atoms with Crippen LogP contribution in [0.2, 0.25) is 5.15 Å². The summed E-state index contributed by atoms with van der Waals surface area (Å²) in [5, 5.41) is 3.70. The summed E-state index contributed by atoms with van der Waals surface area (Å²) in [5.41, 5.74) is 7.35. The highest BCUT2D eigenvalue weighted by atomic mass is 35.5. The minimum atomic E-state index is 0.516. The SMILES string of the molecule is Cc1cnc(Cl)c(NCCCN)c1. The fourth-order valence-corrected chi connectivity index (χ4v) is 1.17. The molecule has 1 aromatic heterocycles. The maximum absolute atomic E-state index is 5.87. The quantitative estimate of drug-likeness (QED) is 0.575. The van der Waals surface area contributed by atoms with Crippen LogP contribution in [0.5, 0.6) is 0 Å². The number of rotatable bonds is 4. The number of halogens is 1. The number of nitrogens with zero attached hydrogens (tertiary/aromatic N) is 1. The van der Waals surface area contributed by atoms with Crippen molar-refractivity contribution in [1.29, 1.82) is 0 Å². The molecule has 0 aliphatic carbocycles. The van der Waals surface area contributed by atoms with E-state index < -0.39 is 0 Å². The summed E-state index contributed by atoms with van der Waals surface area (Å²) in [7, 11) is 0. The summed E-state index contributed by atoms with van der Waals surface area (Å²) in [4.78, 5) is 4.03. The number of anilines is 1. The molecule has 0 saturated carbocycles. The van der Waals surface area contributed by atoms with Gasteiger partial charge in [-0.05, 0) is 31.5 Å². The average molecular weight is 200 g/mol. The summed E-state index contributed by atoms with van der Waals surface area (Å²) in [6.45, 7) is 3.50. The van der Waals surface area contributed by atoms with Gasteiger partial charge < -0.3 is 11.1 Å². The van der Waals surface area contributed by atoms with E-state index in [0.717, 1.165) is 24.2 Å². The van der Waals surface area contributed by atoms with Crippen LogP contribution < -0.4 is 11.1 Å². The molecule has 3 N–H and O–H groups in total. The van der Waals surface area contributed by atoms with Crippen LogP contribution in [0.1, 0.15) is 12.0 Å². The second kappa shape index (κ2) is 5.04. The van der Waals surface area contributed by atoms with Crippen LogP contribution in [0, 0.1) is 6.92 Å². The van der Waals surface area contributed by atoms with Crippen molar-refractivity contribution in [3.8, 4) is 0 Å². The molecule has 1 heterocycles. The Morgan fingerprint density at radius 1 is 1.62 bits per heavy atom. The van der Waals surface area contributed by atoms with Crippen molar-refractivity contribution in [3.05, 3.63) is 23.0 Å². The molecule has 3 nitrogen and oxygen atoms in total. The minimum absolute atomic E-state index is 0.516. The fourth-order valence-electron chi connectivity index (χ4n) is 1.00. The largest absolute Gasteiger partial charge is 0.383 e. The monoisotopic (exact) mass is 199 g/mol. The summed E-state index contributed by atoms with van der Waals surface area (Å²) >= 11 is 5.87. The van der Waals surface area contributed by atoms with Gasteiger partial charge in [-0.2, -0.15) is 0 Å². The molecule has 0 unspecified atom stereocenters. The first-order chi connectivity index (χ1) is 6.24. The van der Waals surface area contributed by atoms with Crippen molar-refractivity contribution in [3.63, 3.8) is 0 Å². The van der Waals surface area contributed by atoms with Crippen LogP contribution in [-0.2, 0) is 0 Å². The lowest BCUT2D eigenvalue weighted by atomic mass is 10.3. The molecule has 0 aliphatic rings. The molecule has 0 amide bonds. The third-order valence-corrected chi connectivity index (χ3v) is 1.97. The lowest BCUT2D eigenvalue weighted by Crippen LogP contribution is -2.09. The van der Waals surface area contributed by atoms with E-state index in [4.69, 9.17) is 17.3 Å². The predicted molar refractivity (Wildman–Crippen MR) is 56.1 cm³/mol. The first-order valence-electron chi connectivity index (χ1n) is 4.30. The van der Waals surface area contributed by atoms with E-state index in [-0.39, 0.29) is 0 Å². The predicted octanol–water partition coefficient (Wildman–Crippen LogP) is 1.80. The average Bonchev–Trinajstić information content (AvgIpc) is 2.11. The van der Waals surface area contributed by atoms with Crippen LogP contribution in [0.25, 0.3) is 0 Å². The molecule has 0 spiro atoms. The van der Waals surface area contributed by atoms with Crippen molar-refractivity contribution in [2.75, 3.05) is 18.4 Å². The van der Waals surface area contributed by atoms with Gasteiger partial charge in [0.1, 0.15) is 0 Å². The van der Waals surface area contributed by atoms with Gasteiger partial charge in [0.25, 0.3) is 0 Å². The van der Waals surface area contributed by atoms with E-state index in [0.29, 0.717) is 11.7 Å². The second-order valence-electron chi connectivity index (χ2n) is 2.92. The van der Waals surface area contributed by atoms with Gasteiger partial charge in [-0.3, -0.25) is 0 Å². The van der Waals surface area contributed by atoms with Gasteiger partial charge in [0.15, 0.2) is 5.15 Å². The van der Waals surface area contributed by atoms with Crippen LogP contribution in [0.15, 0.2) is 12.3 Å². The summed E-state index contributed by atoms with van der Waals surface area (Å²) in [6, 6.07) is 1.98. The minimum Gasteiger partial charge on any atom is -0.383 e. The molecule has 0 aromatic carbocycles. The van der Waals surface area contributed by atoms with E-state index >= 15 is 0 Å². The van der Waals surface area contributed by atoms with Crippen molar-refractivity contribution in [2.45, 2.75) is 13.3 Å². The molecule has 0 bridgehead atoms. The number of nitrogens with two attached hydrogens (primary N) is 1. The zero-order valence-electron chi connectivity index (χ0n) is 7.68. The van der Waals surface area contributed by atoms with E-state index in [1.165, 1.54) is 0 Å². The first-order valence-corrected chi connectivity index (χ1v) is 4.68. The van der Waals surface area contributed by atoms with Gasteiger partial charge in [-0.15, -0.1) is 0 Å². The smallest absolute Gasteiger partial charge is 0.152 e. The van der Waals surface area contributed by atoms with Gasteiger partial charge >= 0.3 is 0 Å². The third kappa shape index (κ3) is 3.20. The lowest BCUT2D eigenvalue weighted by molar-refractivity contribution is 0.873. The molecular weight excluding hydrogens is 186 g/mol. The number of hydrogen-bond acceptors (Lipinski definition) is 3. The van der Waals surface area contributed by atoms with Crippen LogP contribution in [-0.4, -0.2) is 18.1 Å². The van der Waals surface area contributed by atoms with Crippen LogP contribution in [0.4, 0.5) is 5.69 Å². The standard InChI is InChI=1S/C9H14ClN3/c1-7-5-8(9(10)13-6-7)12-4-2-3-11/h5-6,12H,2-4,11H2,1H3. The maximum Gasteiger partial charge on any atom is 0.152 e. The molecule has 13 heavy (non-hydrogen) atoms. The normalized spacial score (nSPS) is 10.1. The zero-order valence-corrected chi connectivity index (χ0v) is 8.43. The number of hydrogen-bond donors (Lipinski definition) is 2. The molecule has 1 aromatic rings. The summed E-state index contributed by atoms with van der Waals surface area (Å²) < 4.78 is 0. The Bertz CT molecular complexity index is 276. The molecule has 0 aliphatic heterocycles. The van der Waals surface area contributed by atoms with E-state index in [2.05, 4.69) is 10.3 Å². The van der Waals surface area contributed by atoms with Gasteiger partial charge in [-0.1, -0.05) is 11.6 Å². The number of nitrogens with one attached hydrogen (secondary N) is 1. The Kier molecular flexibility index (Phi) is 3.99. The Labute approximate surface area is 83.3 Å². The van der Waals surface area contributed by atoms with Crippen molar-refractivity contribution in [1.82, 2.24) is 4.98 Å². The molecule has 0 radical (unpaired) electrons. The Morgan fingerprint density at radius 2 is 2.38 bits per heavy atom. The molecule has 0 atom stereocenters. The molecule has 72 valence electrons.